The third-order valence-electron chi connectivity index (χ3n) is 0. The van der Waals surface area contributed by atoms with Crippen LogP contribution in [0.25, 0.3) is 0 Å². The summed E-state index contributed by atoms with van der Waals surface area (Å²) in [5.41, 5.74) is 0. The molecule has 0 saturated heterocycles. The zero-order valence-corrected chi connectivity index (χ0v) is 8.39. The van der Waals surface area contributed by atoms with Crippen LogP contribution in [0.5, 0.6) is 0 Å². The Morgan fingerprint density at radius 2 is 0.875 bits per heavy atom. The molecule has 6 nitrogen and oxygen atoms in total. The zero-order chi connectivity index (χ0) is 7.15. The standard InChI is InChI=1S/Ho.Nd.6O. The van der Waals surface area contributed by atoms with Gasteiger partial charge in [-0.1, -0.05) is 0 Å². The predicted molar refractivity (Wildman–Crippen MR) is 4.12 cm³/mol. The van der Waals surface area contributed by atoms with Gasteiger partial charge in [-0.3, -0.25) is 0 Å². The minimum absolute atomic E-state index is 3.95. The Kier molecular flexibility index (Phi) is 12.7. The molecular weight excluding hydrogens is 405 g/mol. The van der Waals surface area contributed by atoms with Crippen LogP contribution in [0.15, 0.2) is 0 Å². The summed E-state index contributed by atoms with van der Waals surface area (Å²) in [6, 6.07) is 0. The first kappa shape index (κ1) is 12.1. The molecular formula is HoNdO6. The van der Waals surface area contributed by atoms with Crippen molar-refractivity contribution in [2.45, 2.75) is 0 Å². The van der Waals surface area contributed by atoms with E-state index < -0.39 is 67.2 Å². The fourth-order valence-corrected chi connectivity index (χ4v) is 0. The summed E-state index contributed by atoms with van der Waals surface area (Å²) in [5, 5.41) is 0. The van der Waals surface area contributed by atoms with Gasteiger partial charge in [0.2, 0.25) is 0 Å². The number of rotatable bonds is 0. The topological polar surface area (TPSA) is 102 Å². The van der Waals surface area contributed by atoms with Crippen molar-refractivity contribution in [2.75, 3.05) is 0 Å². The average molecular weight is 405 g/mol. The van der Waals surface area contributed by atoms with Gasteiger partial charge in [0.25, 0.3) is 0 Å². The summed E-state index contributed by atoms with van der Waals surface area (Å²) in [4.78, 5) is 0. The van der Waals surface area contributed by atoms with Crippen LogP contribution in [-0.2, 0) is 7.45 Å². The molecule has 0 spiro atoms. The third kappa shape index (κ3) is 153. The Bertz CT molecular complexity index is 177. The molecule has 0 fully saturated rings. The van der Waals surface area contributed by atoms with Gasteiger partial charge in [0.05, 0.1) is 0 Å². The van der Waals surface area contributed by atoms with Crippen LogP contribution in [0.4, 0.5) is 0 Å². The molecule has 8 heteroatoms. The normalized spacial score (nSPS) is 7.12. The van der Waals surface area contributed by atoms with Crippen LogP contribution >= 0.6 is 0 Å². The SMILES string of the molecule is [O]=[Ho](=[O])=[O].[O]=[Nd](=[O])=[O]. The van der Waals surface area contributed by atoms with Crippen LogP contribution in [-0.4, -0.2) is 0 Å². The molecule has 0 aliphatic rings. The van der Waals surface area contributed by atoms with E-state index in [1.54, 1.807) is 0 Å². The van der Waals surface area contributed by atoms with Crippen LogP contribution in [0.2, 0.25) is 0 Å². The van der Waals surface area contributed by atoms with Crippen molar-refractivity contribution in [3.8, 4) is 0 Å². The van der Waals surface area contributed by atoms with E-state index in [9.17, 15) is 0 Å². The average Bonchev–Trinajstić information content (AvgIpc) is 1.25. The van der Waals surface area contributed by atoms with Gasteiger partial charge in [-0.05, 0) is 0 Å². The second kappa shape index (κ2) is 8.41. The molecule has 0 rings (SSSR count). The van der Waals surface area contributed by atoms with E-state index in [1.807, 2.05) is 0 Å². The van der Waals surface area contributed by atoms with Crippen LogP contribution in [0, 0.1) is 67.2 Å². The molecule has 0 aromatic carbocycles. The van der Waals surface area contributed by atoms with Crippen molar-refractivity contribution in [1.82, 2.24) is 0 Å². The van der Waals surface area contributed by atoms with Crippen LogP contribution < -0.4 is 0 Å². The molecule has 0 amide bonds. The molecule has 0 N–H and O–H groups in total. The van der Waals surface area contributed by atoms with Gasteiger partial charge < -0.3 is 0 Å². The summed E-state index contributed by atoms with van der Waals surface area (Å²) < 4.78 is 51.6. The van der Waals surface area contributed by atoms with E-state index in [0.717, 1.165) is 0 Å². The molecule has 0 aliphatic carbocycles. The van der Waals surface area contributed by atoms with Crippen molar-refractivity contribution < 1.29 is 74.6 Å². The maximum atomic E-state index is 8.63. The summed E-state index contributed by atoms with van der Waals surface area (Å²) >= 11 is -8.36. The fourth-order valence-electron chi connectivity index (χ4n) is 0. The molecule has 8 heavy (non-hydrogen) atoms. The predicted octanol–water partition coefficient (Wildman–Crippen LogP) is -0.713. The van der Waals surface area contributed by atoms with E-state index in [1.165, 1.54) is 0 Å². The van der Waals surface area contributed by atoms with Crippen LogP contribution in [0.3, 0.4) is 0 Å². The first-order chi connectivity index (χ1) is 3.46. The Labute approximate surface area is 72.6 Å². The maximum absolute atomic E-state index is 8.63. The molecule has 0 heterocycles. The summed E-state index contributed by atoms with van der Waals surface area (Å²) in [7, 11) is 0. The van der Waals surface area contributed by atoms with Gasteiger partial charge >= 0.3 is 74.6 Å². The molecule has 51 valence electrons. The van der Waals surface area contributed by atoms with Crippen molar-refractivity contribution in [2.24, 2.45) is 0 Å². The van der Waals surface area contributed by atoms with E-state index in [4.69, 9.17) is 7.45 Å². The van der Waals surface area contributed by atoms with Crippen molar-refractivity contribution >= 4 is 0 Å². The fraction of sp³-hybridized carbons (Fsp3) is 0. The first-order valence-electron chi connectivity index (χ1n) is 0.982. The minimum atomic E-state index is -4.41. The summed E-state index contributed by atoms with van der Waals surface area (Å²) in [5.74, 6) is 0. The molecule has 0 saturated carbocycles. The quantitative estimate of drug-likeness (QED) is 0.494. The second-order valence-corrected chi connectivity index (χ2v) is 2.97. The monoisotopic (exact) mass is 403 g/mol. The van der Waals surface area contributed by atoms with Gasteiger partial charge in [0.15, 0.2) is 0 Å². The molecule has 0 aromatic rings. The molecule has 0 bridgehead atoms. The first-order valence-corrected chi connectivity index (χ1v) is 7.28. The number of hydrogen-bond donors (Lipinski definition) is 0. The van der Waals surface area contributed by atoms with E-state index in [-0.39, 0.29) is 0 Å². The Morgan fingerprint density at radius 3 is 0.875 bits per heavy atom. The second-order valence-electron chi connectivity index (χ2n) is 0.401. The van der Waals surface area contributed by atoms with Gasteiger partial charge in [-0.15, -0.1) is 0 Å². The Hall–Kier alpha value is 1.41. The number of hydrogen-bond acceptors (Lipinski definition) is 6. The summed E-state index contributed by atoms with van der Waals surface area (Å²) in [6.07, 6.45) is 0. The van der Waals surface area contributed by atoms with E-state index in [2.05, 4.69) is 0 Å². The molecule has 0 aliphatic heterocycles. The Balaban J connectivity index is 0. The van der Waals surface area contributed by atoms with Gasteiger partial charge in [0, 0.05) is 0 Å². The molecule has 0 atom stereocenters. The van der Waals surface area contributed by atoms with E-state index >= 15 is 0 Å². The zero-order valence-electron chi connectivity index (χ0n) is 3.25. The van der Waals surface area contributed by atoms with Crippen molar-refractivity contribution in [3.05, 3.63) is 0 Å². The molecule has 0 radical (unpaired) electrons. The van der Waals surface area contributed by atoms with Gasteiger partial charge in [-0.25, -0.2) is 0 Å². The molecule has 0 unspecified atom stereocenters. The Morgan fingerprint density at radius 1 is 0.875 bits per heavy atom. The van der Waals surface area contributed by atoms with E-state index in [0.29, 0.717) is 0 Å². The third-order valence-corrected chi connectivity index (χ3v) is 0. The van der Waals surface area contributed by atoms with Gasteiger partial charge in [0.1, 0.15) is 0 Å². The molecule has 0 aromatic heterocycles. The van der Waals surface area contributed by atoms with Crippen molar-refractivity contribution in [3.63, 3.8) is 0 Å². The van der Waals surface area contributed by atoms with Gasteiger partial charge in [-0.2, -0.15) is 0 Å². The summed E-state index contributed by atoms with van der Waals surface area (Å²) in [6.45, 7) is 0. The van der Waals surface area contributed by atoms with Crippen LogP contribution in [0.1, 0.15) is 0 Å². The van der Waals surface area contributed by atoms with Crippen molar-refractivity contribution in [1.29, 1.82) is 0 Å².